The lowest BCUT2D eigenvalue weighted by atomic mass is 9.94. The molecule has 1 heterocycles. The minimum absolute atomic E-state index is 0.327. The van der Waals surface area contributed by atoms with Gasteiger partial charge in [0.15, 0.2) is 5.78 Å². The predicted octanol–water partition coefficient (Wildman–Crippen LogP) is 3.25. The van der Waals surface area contributed by atoms with Crippen molar-refractivity contribution in [1.29, 1.82) is 0 Å². The monoisotopic (exact) mass is 292 g/mol. The highest BCUT2D eigenvalue weighted by Crippen LogP contribution is 2.27. The predicted molar refractivity (Wildman–Crippen MR) is 70.0 cm³/mol. The highest BCUT2D eigenvalue weighted by molar-refractivity contribution is 6.01. The fraction of sp³-hybridized carbons (Fsp3) is 0.143. The Morgan fingerprint density at radius 2 is 2.00 bits per heavy atom. The third-order valence-corrected chi connectivity index (χ3v) is 3.04. The number of carbonyl (C=O) groups excluding carboxylic acids is 1. The van der Waals surface area contributed by atoms with Gasteiger partial charge in [-0.3, -0.25) is 19.9 Å². The van der Waals surface area contributed by atoms with Crippen LogP contribution in [0.1, 0.15) is 28.9 Å². The van der Waals surface area contributed by atoms with Crippen LogP contribution >= 0.6 is 0 Å². The molecular weight excluding hydrogens is 282 g/mol. The molecule has 7 heteroatoms. The van der Waals surface area contributed by atoms with Gasteiger partial charge >= 0.3 is 5.69 Å². The largest absolute Gasteiger partial charge is 0.305 e. The minimum atomic E-state index is -1.47. The highest BCUT2D eigenvalue weighted by atomic mass is 19.1. The molecule has 0 bridgehead atoms. The van der Waals surface area contributed by atoms with Gasteiger partial charge in [-0.1, -0.05) is 6.07 Å². The second-order valence-electron chi connectivity index (χ2n) is 4.35. The van der Waals surface area contributed by atoms with Crippen LogP contribution in [0.2, 0.25) is 0 Å². The van der Waals surface area contributed by atoms with Gasteiger partial charge in [-0.05, 0) is 25.1 Å². The molecule has 0 N–H and O–H groups in total. The average molecular weight is 292 g/mol. The van der Waals surface area contributed by atoms with Crippen molar-refractivity contribution in [1.82, 2.24) is 4.98 Å². The van der Waals surface area contributed by atoms with Gasteiger partial charge in [-0.15, -0.1) is 0 Å². The van der Waals surface area contributed by atoms with Gasteiger partial charge in [0.05, 0.1) is 22.1 Å². The topological polar surface area (TPSA) is 73.1 Å². The number of carbonyl (C=O) groups is 1. The summed E-state index contributed by atoms with van der Waals surface area (Å²) in [6, 6.07) is 6.20. The molecule has 0 saturated heterocycles. The van der Waals surface area contributed by atoms with E-state index in [2.05, 4.69) is 4.98 Å². The van der Waals surface area contributed by atoms with Crippen LogP contribution in [0.4, 0.5) is 14.5 Å². The van der Waals surface area contributed by atoms with Crippen LogP contribution in [0.25, 0.3) is 0 Å². The number of pyridine rings is 1. The standard InChI is InChI=1S/C14H10F2N2O3/c1-8(10-4-2-3-7-17-10)14(19)12-9(15)5-6-11(13(12)16)18(20)21/h2-8H,1H3. The lowest BCUT2D eigenvalue weighted by Gasteiger charge is -2.11. The Bertz CT molecular complexity index is 705. The molecule has 2 aromatic rings. The number of rotatable bonds is 4. The Hall–Kier alpha value is -2.70. The summed E-state index contributed by atoms with van der Waals surface area (Å²) >= 11 is 0. The maximum atomic E-state index is 14.0. The van der Waals surface area contributed by atoms with E-state index < -0.39 is 39.5 Å². The van der Waals surface area contributed by atoms with E-state index in [1.807, 2.05) is 0 Å². The third-order valence-electron chi connectivity index (χ3n) is 3.04. The van der Waals surface area contributed by atoms with Gasteiger partial charge in [0.25, 0.3) is 0 Å². The SMILES string of the molecule is CC(C(=O)c1c(F)ccc([N+](=O)[O-])c1F)c1ccccn1. The minimum Gasteiger partial charge on any atom is -0.293 e. The lowest BCUT2D eigenvalue weighted by Crippen LogP contribution is -2.15. The van der Waals surface area contributed by atoms with Crippen molar-refractivity contribution in [3.63, 3.8) is 0 Å². The second-order valence-corrected chi connectivity index (χ2v) is 4.35. The van der Waals surface area contributed by atoms with Gasteiger partial charge in [0.1, 0.15) is 5.82 Å². The molecule has 5 nitrogen and oxygen atoms in total. The van der Waals surface area contributed by atoms with Crippen molar-refractivity contribution in [2.45, 2.75) is 12.8 Å². The first-order valence-corrected chi connectivity index (χ1v) is 6.01. The molecule has 0 radical (unpaired) electrons. The number of halogens is 2. The molecule has 0 amide bonds. The van der Waals surface area contributed by atoms with Crippen LogP contribution in [0.15, 0.2) is 36.5 Å². The van der Waals surface area contributed by atoms with E-state index in [4.69, 9.17) is 0 Å². The van der Waals surface area contributed by atoms with Gasteiger partial charge < -0.3 is 0 Å². The molecule has 0 fully saturated rings. The van der Waals surface area contributed by atoms with Crippen LogP contribution in [-0.4, -0.2) is 15.7 Å². The van der Waals surface area contributed by atoms with E-state index in [0.29, 0.717) is 17.8 Å². The van der Waals surface area contributed by atoms with Crippen LogP contribution in [0, 0.1) is 21.7 Å². The number of aromatic nitrogens is 1. The molecule has 21 heavy (non-hydrogen) atoms. The van der Waals surface area contributed by atoms with Crippen molar-refractivity contribution in [2.24, 2.45) is 0 Å². The van der Waals surface area contributed by atoms with Crippen molar-refractivity contribution in [3.05, 3.63) is 69.5 Å². The normalized spacial score (nSPS) is 12.0. The molecule has 0 aliphatic rings. The number of ketones is 1. The second kappa shape index (κ2) is 5.74. The maximum absolute atomic E-state index is 14.0. The summed E-state index contributed by atoms with van der Waals surface area (Å²) in [4.78, 5) is 25.8. The summed E-state index contributed by atoms with van der Waals surface area (Å²) in [5.41, 5.74) is -1.52. The molecule has 1 aromatic carbocycles. The fourth-order valence-electron chi connectivity index (χ4n) is 1.89. The van der Waals surface area contributed by atoms with Crippen molar-refractivity contribution < 1.29 is 18.5 Å². The molecule has 1 atom stereocenters. The fourth-order valence-corrected chi connectivity index (χ4v) is 1.89. The number of hydrogen-bond donors (Lipinski definition) is 0. The number of nitro groups is 1. The molecule has 0 saturated carbocycles. The van der Waals surface area contributed by atoms with E-state index in [0.717, 1.165) is 0 Å². The van der Waals surface area contributed by atoms with Gasteiger partial charge in [-0.25, -0.2) is 4.39 Å². The number of benzene rings is 1. The van der Waals surface area contributed by atoms with E-state index in [1.54, 1.807) is 12.1 Å². The summed E-state index contributed by atoms with van der Waals surface area (Å²) < 4.78 is 27.7. The van der Waals surface area contributed by atoms with Crippen LogP contribution in [-0.2, 0) is 0 Å². The molecular formula is C14H10F2N2O3. The van der Waals surface area contributed by atoms with E-state index in [-0.39, 0.29) is 0 Å². The van der Waals surface area contributed by atoms with Crippen LogP contribution < -0.4 is 0 Å². The molecule has 108 valence electrons. The van der Waals surface area contributed by atoms with Crippen LogP contribution in [0.3, 0.4) is 0 Å². The molecule has 0 aliphatic carbocycles. The Morgan fingerprint density at radius 1 is 1.29 bits per heavy atom. The number of hydrogen-bond acceptors (Lipinski definition) is 4. The Morgan fingerprint density at radius 3 is 2.57 bits per heavy atom. The quantitative estimate of drug-likeness (QED) is 0.492. The van der Waals surface area contributed by atoms with Gasteiger partial charge in [0.2, 0.25) is 5.82 Å². The molecule has 0 aliphatic heterocycles. The third kappa shape index (κ3) is 2.76. The zero-order valence-corrected chi connectivity index (χ0v) is 10.9. The zero-order chi connectivity index (χ0) is 15.6. The number of nitro benzene ring substituents is 1. The van der Waals surface area contributed by atoms with E-state index >= 15 is 0 Å². The van der Waals surface area contributed by atoms with Gasteiger partial charge in [0, 0.05) is 12.3 Å². The summed E-state index contributed by atoms with van der Waals surface area (Å²) in [6.07, 6.45) is 1.44. The number of nitrogens with zero attached hydrogens (tertiary/aromatic N) is 2. The maximum Gasteiger partial charge on any atom is 0.305 e. The van der Waals surface area contributed by atoms with Gasteiger partial charge in [-0.2, -0.15) is 4.39 Å². The van der Waals surface area contributed by atoms with E-state index in [9.17, 15) is 23.7 Å². The molecule has 0 spiro atoms. The van der Waals surface area contributed by atoms with E-state index in [1.165, 1.54) is 19.2 Å². The van der Waals surface area contributed by atoms with Crippen molar-refractivity contribution in [2.75, 3.05) is 0 Å². The summed E-state index contributed by atoms with van der Waals surface area (Å²) in [7, 11) is 0. The first-order chi connectivity index (χ1) is 9.93. The van der Waals surface area contributed by atoms with Crippen LogP contribution in [0.5, 0.6) is 0 Å². The summed E-state index contributed by atoms with van der Waals surface area (Å²) in [5, 5.41) is 10.7. The zero-order valence-electron chi connectivity index (χ0n) is 10.9. The molecule has 1 aromatic heterocycles. The lowest BCUT2D eigenvalue weighted by molar-refractivity contribution is -0.387. The van der Waals surface area contributed by atoms with Crippen molar-refractivity contribution in [3.8, 4) is 0 Å². The molecule has 2 rings (SSSR count). The Kier molecular flexibility index (Phi) is 4.02. The highest BCUT2D eigenvalue weighted by Gasteiger charge is 2.29. The number of Topliss-reactive ketones (excluding diaryl/α,β-unsaturated/α-hetero) is 1. The summed E-state index contributed by atoms with van der Waals surface area (Å²) in [6.45, 7) is 1.43. The molecule has 1 unspecified atom stereocenters. The summed E-state index contributed by atoms with van der Waals surface area (Å²) in [5.74, 6) is -4.41. The first-order valence-electron chi connectivity index (χ1n) is 6.01. The smallest absolute Gasteiger partial charge is 0.293 e. The Balaban J connectivity index is 2.49. The van der Waals surface area contributed by atoms with Crippen molar-refractivity contribution >= 4 is 11.5 Å². The average Bonchev–Trinajstić information content (AvgIpc) is 2.46. The Labute approximate surface area is 118 Å². The first kappa shape index (κ1) is 14.7.